The summed E-state index contributed by atoms with van der Waals surface area (Å²) in [4.78, 5) is 12.1. The van der Waals surface area contributed by atoms with Crippen molar-refractivity contribution in [2.75, 3.05) is 7.11 Å². The lowest BCUT2D eigenvalue weighted by atomic mass is 10.0. The van der Waals surface area contributed by atoms with Gasteiger partial charge in [-0.2, -0.15) is 0 Å². The number of aromatic nitrogens is 1. The number of carbonyl (C=O) groups is 1. The average molecular weight is 462 g/mol. The number of carbonyl (C=O) groups excluding carboxylic acids is 1. The second kappa shape index (κ2) is 17.2. The molecule has 3 nitrogen and oxygen atoms in total. The summed E-state index contributed by atoms with van der Waals surface area (Å²) >= 11 is 1.69. The molecular weight excluding hydrogens is 414 g/mol. The van der Waals surface area contributed by atoms with Crippen LogP contribution in [0.4, 0.5) is 0 Å². The molecule has 2 aromatic rings. The normalized spacial score (nSPS) is 11.4. The maximum Gasteiger partial charge on any atom is 0.354 e. The molecule has 0 aliphatic carbocycles. The first-order valence-corrected chi connectivity index (χ1v) is 14.3. The molecule has 2 heterocycles. The van der Waals surface area contributed by atoms with E-state index in [4.69, 9.17) is 4.74 Å². The second-order valence-electron chi connectivity index (χ2n) is 9.35. The third-order valence-corrected chi connectivity index (χ3v) is 7.51. The first-order chi connectivity index (χ1) is 15.8. The van der Waals surface area contributed by atoms with Gasteiger partial charge >= 0.3 is 5.97 Å². The SMILES string of the molecule is CCCCCCCCCCCCCCCCCCCCn1c(C(=O)OC)cc2sccc21. The number of methoxy groups -OCH3 is 1. The summed E-state index contributed by atoms with van der Waals surface area (Å²) < 4.78 is 8.28. The molecule has 0 bridgehead atoms. The highest BCUT2D eigenvalue weighted by molar-refractivity contribution is 7.17. The molecule has 4 heteroatoms. The minimum atomic E-state index is -0.226. The Balaban J connectivity index is 1.40. The first-order valence-electron chi connectivity index (χ1n) is 13.4. The molecule has 0 atom stereocenters. The zero-order chi connectivity index (χ0) is 22.9. The van der Waals surface area contributed by atoms with Gasteiger partial charge in [0.1, 0.15) is 5.69 Å². The Morgan fingerprint density at radius 3 is 1.72 bits per heavy atom. The Bertz CT molecular complexity index is 733. The van der Waals surface area contributed by atoms with E-state index in [0.29, 0.717) is 5.69 Å². The van der Waals surface area contributed by atoms with Crippen molar-refractivity contribution < 1.29 is 9.53 Å². The number of fused-ring (bicyclic) bond motifs is 1. The molecule has 0 aliphatic heterocycles. The Morgan fingerprint density at radius 1 is 0.781 bits per heavy atom. The van der Waals surface area contributed by atoms with E-state index in [1.165, 1.54) is 126 Å². The molecule has 32 heavy (non-hydrogen) atoms. The van der Waals surface area contributed by atoms with Gasteiger partial charge in [0.15, 0.2) is 0 Å². The van der Waals surface area contributed by atoms with Gasteiger partial charge in [0.2, 0.25) is 0 Å². The summed E-state index contributed by atoms with van der Waals surface area (Å²) in [6.07, 6.45) is 25.0. The van der Waals surface area contributed by atoms with Crippen LogP contribution in [-0.4, -0.2) is 17.6 Å². The predicted octanol–water partition coefficient (Wildman–Crippen LogP) is 9.53. The minimum absolute atomic E-state index is 0.226. The van der Waals surface area contributed by atoms with Gasteiger partial charge in [0, 0.05) is 6.54 Å². The van der Waals surface area contributed by atoms with Crippen LogP contribution in [0.25, 0.3) is 10.2 Å². The molecule has 0 fully saturated rings. The molecule has 0 saturated carbocycles. The topological polar surface area (TPSA) is 31.2 Å². The van der Waals surface area contributed by atoms with Crippen molar-refractivity contribution in [2.45, 2.75) is 129 Å². The first kappa shape index (κ1) is 27.0. The zero-order valence-electron chi connectivity index (χ0n) is 20.8. The van der Waals surface area contributed by atoms with Crippen LogP contribution in [0.1, 0.15) is 133 Å². The van der Waals surface area contributed by atoms with E-state index in [2.05, 4.69) is 22.9 Å². The lowest BCUT2D eigenvalue weighted by Crippen LogP contribution is -2.10. The Morgan fingerprint density at radius 2 is 1.25 bits per heavy atom. The van der Waals surface area contributed by atoms with E-state index in [-0.39, 0.29) is 5.97 Å². The van der Waals surface area contributed by atoms with E-state index < -0.39 is 0 Å². The Hall–Kier alpha value is -1.29. The van der Waals surface area contributed by atoms with Crippen LogP contribution in [0.2, 0.25) is 0 Å². The van der Waals surface area contributed by atoms with Gasteiger partial charge < -0.3 is 9.30 Å². The predicted molar refractivity (Wildman–Crippen MR) is 140 cm³/mol. The van der Waals surface area contributed by atoms with Crippen LogP contribution >= 0.6 is 11.3 Å². The zero-order valence-corrected chi connectivity index (χ0v) is 21.7. The molecule has 0 aliphatic rings. The maximum atomic E-state index is 12.1. The number of ether oxygens (including phenoxy) is 1. The van der Waals surface area contributed by atoms with E-state index in [1.54, 1.807) is 11.3 Å². The number of hydrogen-bond donors (Lipinski definition) is 0. The van der Waals surface area contributed by atoms with E-state index >= 15 is 0 Å². The fraction of sp³-hybridized carbons (Fsp3) is 0.750. The highest BCUT2D eigenvalue weighted by Gasteiger charge is 2.16. The van der Waals surface area contributed by atoms with E-state index in [0.717, 1.165) is 13.0 Å². The molecule has 0 radical (unpaired) electrons. The van der Waals surface area contributed by atoms with Gasteiger partial charge in [-0.15, -0.1) is 11.3 Å². The van der Waals surface area contributed by atoms with Gasteiger partial charge in [0.25, 0.3) is 0 Å². The van der Waals surface area contributed by atoms with Crippen molar-refractivity contribution in [1.82, 2.24) is 4.57 Å². The van der Waals surface area contributed by atoms with Gasteiger partial charge in [-0.3, -0.25) is 0 Å². The number of thiophene rings is 1. The monoisotopic (exact) mass is 461 g/mol. The van der Waals surface area contributed by atoms with Crippen LogP contribution in [-0.2, 0) is 11.3 Å². The standard InChI is InChI=1S/C28H47NO2S/c1-3-4-5-6-7-8-9-10-11-12-13-14-15-16-17-18-19-20-22-29-25-21-23-32-27(25)24-26(29)28(30)31-2/h21,23-24H,3-20,22H2,1-2H3. The quantitative estimate of drug-likeness (QED) is 0.145. The third-order valence-electron chi connectivity index (χ3n) is 6.65. The number of rotatable bonds is 20. The van der Waals surface area contributed by atoms with Crippen molar-refractivity contribution in [3.8, 4) is 0 Å². The van der Waals surface area contributed by atoms with Crippen LogP contribution in [0.5, 0.6) is 0 Å². The van der Waals surface area contributed by atoms with Crippen LogP contribution in [0.3, 0.4) is 0 Å². The summed E-state index contributed by atoms with van der Waals surface area (Å²) in [6.45, 7) is 3.20. The van der Waals surface area contributed by atoms with Crippen LogP contribution in [0, 0.1) is 0 Å². The smallest absolute Gasteiger partial charge is 0.354 e. The number of hydrogen-bond acceptors (Lipinski definition) is 3. The number of esters is 1. The molecule has 2 aromatic heterocycles. The summed E-state index contributed by atoms with van der Waals surface area (Å²) in [5, 5.41) is 2.10. The number of nitrogens with zero attached hydrogens (tertiary/aromatic N) is 1. The molecular formula is C28H47NO2S. The van der Waals surface area contributed by atoms with Crippen LogP contribution in [0.15, 0.2) is 17.5 Å². The molecule has 0 aromatic carbocycles. The lowest BCUT2D eigenvalue weighted by molar-refractivity contribution is 0.0589. The van der Waals surface area contributed by atoms with E-state index in [1.807, 2.05) is 6.07 Å². The molecule has 2 rings (SSSR count). The third kappa shape index (κ3) is 10.1. The summed E-state index contributed by atoms with van der Waals surface area (Å²) in [5.74, 6) is -0.226. The highest BCUT2D eigenvalue weighted by Crippen LogP contribution is 2.26. The van der Waals surface area contributed by atoms with Gasteiger partial charge in [0.05, 0.1) is 17.3 Å². The fourth-order valence-electron chi connectivity index (χ4n) is 4.66. The van der Waals surface area contributed by atoms with Gasteiger partial charge in [-0.1, -0.05) is 116 Å². The Kier molecular flexibility index (Phi) is 14.5. The summed E-state index contributed by atoms with van der Waals surface area (Å²) in [5.41, 5.74) is 1.86. The largest absolute Gasteiger partial charge is 0.464 e. The molecule has 182 valence electrons. The average Bonchev–Trinajstić information content (AvgIpc) is 3.40. The highest BCUT2D eigenvalue weighted by atomic mass is 32.1. The molecule has 0 N–H and O–H groups in total. The maximum absolute atomic E-state index is 12.1. The summed E-state index contributed by atoms with van der Waals surface area (Å²) in [7, 11) is 1.46. The van der Waals surface area contributed by atoms with Crippen molar-refractivity contribution >= 4 is 27.5 Å². The molecule has 0 saturated heterocycles. The molecule has 0 spiro atoms. The lowest BCUT2D eigenvalue weighted by Gasteiger charge is -2.09. The molecule has 0 amide bonds. The number of unbranched alkanes of at least 4 members (excludes halogenated alkanes) is 17. The second-order valence-corrected chi connectivity index (χ2v) is 10.3. The minimum Gasteiger partial charge on any atom is -0.464 e. The van der Waals surface area contributed by atoms with Crippen molar-refractivity contribution in [1.29, 1.82) is 0 Å². The van der Waals surface area contributed by atoms with Crippen molar-refractivity contribution in [3.63, 3.8) is 0 Å². The van der Waals surface area contributed by atoms with Crippen LogP contribution < -0.4 is 0 Å². The van der Waals surface area contributed by atoms with E-state index in [9.17, 15) is 4.79 Å². The van der Waals surface area contributed by atoms with Crippen molar-refractivity contribution in [2.24, 2.45) is 0 Å². The molecule has 0 unspecified atom stereocenters. The fourth-order valence-corrected chi connectivity index (χ4v) is 5.49. The van der Waals surface area contributed by atoms with Gasteiger partial charge in [-0.25, -0.2) is 4.79 Å². The van der Waals surface area contributed by atoms with Crippen molar-refractivity contribution in [3.05, 3.63) is 23.2 Å². The Labute approximate surface area is 200 Å². The van der Waals surface area contributed by atoms with Gasteiger partial charge in [-0.05, 0) is 23.9 Å². The number of aryl methyl sites for hydroxylation is 1. The summed E-state index contributed by atoms with van der Waals surface area (Å²) in [6, 6.07) is 4.08.